The zero-order valence-corrected chi connectivity index (χ0v) is 12.6. The van der Waals surface area contributed by atoms with Crippen LogP contribution in [0.25, 0.3) is 0 Å². The molecule has 1 rings (SSSR count). The molecular formula is C12H20N6O3. The minimum atomic E-state index is -0.551. The van der Waals surface area contributed by atoms with Gasteiger partial charge in [-0.15, -0.1) is 0 Å². The van der Waals surface area contributed by atoms with Gasteiger partial charge in [0.2, 0.25) is 17.5 Å². The highest BCUT2D eigenvalue weighted by atomic mass is 16.6. The second kappa shape index (κ2) is 7.36. The van der Waals surface area contributed by atoms with Gasteiger partial charge in [0.1, 0.15) is 6.33 Å². The molecule has 1 amide bonds. The van der Waals surface area contributed by atoms with Gasteiger partial charge in [-0.1, -0.05) is 0 Å². The topological polar surface area (TPSA) is 113 Å². The van der Waals surface area contributed by atoms with Gasteiger partial charge >= 0.3 is 5.69 Å². The Bertz CT molecular complexity index is 520. The summed E-state index contributed by atoms with van der Waals surface area (Å²) in [6.07, 6.45) is 1.23. The van der Waals surface area contributed by atoms with E-state index in [1.807, 2.05) is 13.8 Å². The van der Waals surface area contributed by atoms with Crippen LogP contribution >= 0.6 is 0 Å². The third kappa shape index (κ3) is 4.26. The normalized spacial score (nSPS) is 10.3. The van der Waals surface area contributed by atoms with Crippen molar-refractivity contribution in [2.24, 2.45) is 0 Å². The molecule has 0 saturated carbocycles. The Kier molecular flexibility index (Phi) is 5.82. The lowest BCUT2D eigenvalue weighted by Gasteiger charge is -2.22. The van der Waals surface area contributed by atoms with Crippen molar-refractivity contribution < 1.29 is 9.72 Å². The Morgan fingerprint density at radius 3 is 2.62 bits per heavy atom. The van der Waals surface area contributed by atoms with Crippen LogP contribution in [-0.4, -0.2) is 47.0 Å². The van der Waals surface area contributed by atoms with Crippen LogP contribution in [0.1, 0.15) is 20.8 Å². The molecule has 116 valence electrons. The third-order valence-electron chi connectivity index (χ3n) is 2.69. The molecule has 0 radical (unpaired) electrons. The smallest absolute Gasteiger partial charge is 0.353 e. The number of amides is 1. The standard InChI is InChI=1S/C12H20N6O3/c1-5-17(6-9(19)16-8(2)3)12-10(18(20)21)11(13-4)14-7-15-12/h7-8H,5-6H2,1-4H3,(H,16,19)(H,13,14,15). The summed E-state index contributed by atoms with van der Waals surface area (Å²) >= 11 is 0. The van der Waals surface area contributed by atoms with Crippen LogP contribution in [0.15, 0.2) is 6.33 Å². The van der Waals surface area contributed by atoms with Crippen molar-refractivity contribution in [1.82, 2.24) is 15.3 Å². The van der Waals surface area contributed by atoms with Crippen LogP contribution in [0.3, 0.4) is 0 Å². The molecule has 0 fully saturated rings. The fraction of sp³-hybridized carbons (Fsp3) is 0.583. The first-order chi connectivity index (χ1) is 9.90. The summed E-state index contributed by atoms with van der Waals surface area (Å²) in [5.41, 5.74) is -0.237. The monoisotopic (exact) mass is 296 g/mol. The molecule has 0 aliphatic rings. The molecule has 0 saturated heterocycles. The SMILES string of the molecule is CCN(CC(=O)NC(C)C)c1ncnc(NC)c1[N+](=O)[O-]. The summed E-state index contributed by atoms with van der Waals surface area (Å²) in [5, 5.41) is 16.7. The van der Waals surface area contributed by atoms with Gasteiger partial charge in [-0.3, -0.25) is 14.9 Å². The van der Waals surface area contributed by atoms with Crippen molar-refractivity contribution in [2.45, 2.75) is 26.8 Å². The molecule has 1 aromatic heterocycles. The molecule has 0 bridgehead atoms. The third-order valence-corrected chi connectivity index (χ3v) is 2.69. The second-order valence-corrected chi connectivity index (χ2v) is 4.64. The van der Waals surface area contributed by atoms with Crippen molar-refractivity contribution in [3.63, 3.8) is 0 Å². The Labute approximate surface area is 122 Å². The van der Waals surface area contributed by atoms with Crippen molar-refractivity contribution in [2.75, 3.05) is 30.4 Å². The molecule has 0 aliphatic heterocycles. The zero-order valence-electron chi connectivity index (χ0n) is 12.6. The lowest BCUT2D eigenvalue weighted by atomic mass is 10.3. The molecule has 9 heteroatoms. The molecule has 0 aliphatic carbocycles. The Balaban J connectivity index is 3.11. The van der Waals surface area contributed by atoms with Gasteiger partial charge in [0.15, 0.2) is 0 Å². The highest BCUT2D eigenvalue weighted by Gasteiger charge is 2.26. The molecule has 0 spiro atoms. The highest BCUT2D eigenvalue weighted by molar-refractivity contribution is 5.83. The summed E-state index contributed by atoms with van der Waals surface area (Å²) in [5.74, 6) is 0.0271. The number of nitrogens with zero attached hydrogens (tertiary/aromatic N) is 4. The zero-order chi connectivity index (χ0) is 16.0. The Morgan fingerprint density at radius 2 is 2.14 bits per heavy atom. The quantitative estimate of drug-likeness (QED) is 0.564. The maximum atomic E-state index is 11.9. The van der Waals surface area contributed by atoms with E-state index in [1.165, 1.54) is 6.33 Å². The summed E-state index contributed by atoms with van der Waals surface area (Å²) < 4.78 is 0. The second-order valence-electron chi connectivity index (χ2n) is 4.64. The van der Waals surface area contributed by atoms with E-state index in [2.05, 4.69) is 20.6 Å². The van der Waals surface area contributed by atoms with Crippen LogP contribution in [0.4, 0.5) is 17.3 Å². The number of nitrogens with one attached hydrogen (secondary N) is 2. The van der Waals surface area contributed by atoms with Crippen LogP contribution in [0.5, 0.6) is 0 Å². The molecule has 2 N–H and O–H groups in total. The van der Waals surface area contributed by atoms with Gasteiger partial charge in [0.25, 0.3) is 0 Å². The average molecular weight is 296 g/mol. The van der Waals surface area contributed by atoms with Gasteiger partial charge in [-0.25, -0.2) is 9.97 Å². The number of rotatable bonds is 7. The van der Waals surface area contributed by atoms with E-state index in [0.29, 0.717) is 6.54 Å². The fourth-order valence-electron chi connectivity index (χ4n) is 1.83. The van der Waals surface area contributed by atoms with Gasteiger partial charge in [0, 0.05) is 19.6 Å². The minimum Gasteiger partial charge on any atom is -0.367 e. The Morgan fingerprint density at radius 1 is 1.48 bits per heavy atom. The van der Waals surface area contributed by atoms with Gasteiger partial charge < -0.3 is 15.5 Å². The van der Waals surface area contributed by atoms with E-state index in [4.69, 9.17) is 0 Å². The van der Waals surface area contributed by atoms with Crippen molar-refractivity contribution in [3.8, 4) is 0 Å². The van der Waals surface area contributed by atoms with Crippen molar-refractivity contribution >= 4 is 23.2 Å². The molecule has 0 atom stereocenters. The molecule has 1 aromatic rings. The summed E-state index contributed by atoms with van der Waals surface area (Å²) in [6.45, 7) is 5.90. The maximum absolute atomic E-state index is 11.9. The van der Waals surface area contributed by atoms with Crippen LogP contribution in [-0.2, 0) is 4.79 Å². The number of carbonyl (C=O) groups is 1. The van der Waals surface area contributed by atoms with Crippen molar-refractivity contribution in [1.29, 1.82) is 0 Å². The summed E-state index contributed by atoms with van der Waals surface area (Å²) in [7, 11) is 1.54. The number of likely N-dealkylation sites (N-methyl/N-ethyl adjacent to an activating group) is 1. The summed E-state index contributed by atoms with van der Waals surface area (Å²) in [6, 6.07) is 0.00413. The minimum absolute atomic E-state index is 0.00413. The molecular weight excluding hydrogens is 276 g/mol. The van der Waals surface area contributed by atoms with E-state index in [9.17, 15) is 14.9 Å². The molecule has 21 heavy (non-hydrogen) atoms. The summed E-state index contributed by atoms with van der Waals surface area (Å²) in [4.78, 5) is 31.9. The number of carbonyl (C=O) groups excluding carboxylic acids is 1. The molecule has 1 heterocycles. The van der Waals surface area contributed by atoms with E-state index in [0.717, 1.165) is 0 Å². The Hall–Kier alpha value is -2.45. The first kappa shape index (κ1) is 16.6. The first-order valence-corrected chi connectivity index (χ1v) is 6.62. The van der Waals surface area contributed by atoms with E-state index < -0.39 is 4.92 Å². The number of hydrogen-bond acceptors (Lipinski definition) is 7. The van der Waals surface area contributed by atoms with E-state index >= 15 is 0 Å². The largest absolute Gasteiger partial charge is 0.367 e. The molecule has 9 nitrogen and oxygen atoms in total. The lowest BCUT2D eigenvalue weighted by molar-refractivity contribution is -0.383. The van der Waals surface area contributed by atoms with Crippen LogP contribution in [0.2, 0.25) is 0 Å². The molecule has 0 aromatic carbocycles. The van der Waals surface area contributed by atoms with Gasteiger partial charge in [-0.2, -0.15) is 0 Å². The van der Waals surface area contributed by atoms with Crippen LogP contribution in [0, 0.1) is 10.1 Å². The average Bonchev–Trinajstić information content (AvgIpc) is 2.42. The maximum Gasteiger partial charge on any atom is 0.353 e. The van der Waals surface area contributed by atoms with E-state index in [-0.39, 0.29) is 35.8 Å². The lowest BCUT2D eigenvalue weighted by Crippen LogP contribution is -2.40. The number of hydrogen-bond donors (Lipinski definition) is 2. The van der Waals surface area contributed by atoms with Gasteiger partial charge in [-0.05, 0) is 20.8 Å². The predicted octanol–water partition coefficient (Wildman–Crippen LogP) is 0.777. The van der Waals surface area contributed by atoms with Crippen LogP contribution < -0.4 is 15.5 Å². The van der Waals surface area contributed by atoms with Crippen molar-refractivity contribution in [3.05, 3.63) is 16.4 Å². The number of aromatic nitrogens is 2. The molecule has 0 unspecified atom stereocenters. The van der Waals surface area contributed by atoms with Gasteiger partial charge in [0.05, 0.1) is 11.5 Å². The fourth-order valence-corrected chi connectivity index (χ4v) is 1.83. The number of nitro groups is 1. The number of anilines is 2. The highest BCUT2D eigenvalue weighted by Crippen LogP contribution is 2.31. The van der Waals surface area contributed by atoms with E-state index in [1.54, 1.807) is 18.9 Å². The first-order valence-electron chi connectivity index (χ1n) is 6.62. The predicted molar refractivity (Wildman–Crippen MR) is 79.4 cm³/mol.